The standard InChI is InChI=1S/C14H17NO/c1-9-6-7-12-11(8-9)10-4-2-3-5-13(16)14(10)15-12/h6-8,13,15-16H,2-5H2,1H3. The van der Waals surface area contributed by atoms with Crippen molar-refractivity contribution < 1.29 is 5.11 Å². The lowest BCUT2D eigenvalue weighted by Gasteiger charge is -2.05. The second-order valence-corrected chi connectivity index (χ2v) is 4.83. The molecule has 1 aromatic carbocycles. The molecule has 0 fully saturated rings. The van der Waals surface area contributed by atoms with Crippen LogP contribution in [-0.4, -0.2) is 10.1 Å². The van der Waals surface area contributed by atoms with Crippen LogP contribution in [0.25, 0.3) is 10.9 Å². The molecule has 16 heavy (non-hydrogen) atoms. The zero-order valence-corrected chi connectivity index (χ0v) is 9.59. The van der Waals surface area contributed by atoms with Crippen LogP contribution < -0.4 is 0 Å². The SMILES string of the molecule is Cc1ccc2[nH]c3c(c2c1)CCCCC3O. The lowest BCUT2D eigenvalue weighted by molar-refractivity contribution is 0.163. The van der Waals surface area contributed by atoms with E-state index in [9.17, 15) is 5.11 Å². The van der Waals surface area contributed by atoms with Crippen molar-refractivity contribution in [2.24, 2.45) is 0 Å². The molecule has 1 heterocycles. The van der Waals surface area contributed by atoms with E-state index >= 15 is 0 Å². The third kappa shape index (κ3) is 1.45. The fraction of sp³-hybridized carbons (Fsp3) is 0.429. The van der Waals surface area contributed by atoms with Gasteiger partial charge in [-0.1, -0.05) is 18.1 Å². The Labute approximate surface area is 95.3 Å². The number of benzene rings is 1. The summed E-state index contributed by atoms with van der Waals surface area (Å²) in [4.78, 5) is 3.38. The second-order valence-electron chi connectivity index (χ2n) is 4.83. The van der Waals surface area contributed by atoms with Crippen LogP contribution in [-0.2, 0) is 6.42 Å². The van der Waals surface area contributed by atoms with Crippen LogP contribution in [0.3, 0.4) is 0 Å². The molecule has 2 nitrogen and oxygen atoms in total. The maximum atomic E-state index is 10.1. The summed E-state index contributed by atoms with van der Waals surface area (Å²) in [5.41, 5.74) is 4.84. The Morgan fingerprint density at radius 3 is 3.06 bits per heavy atom. The lowest BCUT2D eigenvalue weighted by atomic mass is 10.0. The van der Waals surface area contributed by atoms with Gasteiger partial charge < -0.3 is 10.1 Å². The van der Waals surface area contributed by atoms with E-state index in [1.807, 2.05) is 0 Å². The molecule has 1 aliphatic rings. The molecule has 1 atom stereocenters. The zero-order valence-electron chi connectivity index (χ0n) is 9.59. The Morgan fingerprint density at radius 2 is 2.19 bits per heavy atom. The predicted molar refractivity (Wildman–Crippen MR) is 65.6 cm³/mol. The van der Waals surface area contributed by atoms with Crippen LogP contribution in [0.2, 0.25) is 0 Å². The number of rotatable bonds is 0. The van der Waals surface area contributed by atoms with Crippen molar-refractivity contribution >= 4 is 10.9 Å². The number of aromatic nitrogens is 1. The summed E-state index contributed by atoms with van der Waals surface area (Å²) in [7, 11) is 0. The smallest absolute Gasteiger partial charge is 0.0940 e. The number of nitrogens with one attached hydrogen (secondary N) is 1. The molecule has 0 saturated carbocycles. The summed E-state index contributed by atoms with van der Waals surface area (Å²) in [5, 5.41) is 11.4. The Morgan fingerprint density at radius 1 is 1.31 bits per heavy atom. The highest BCUT2D eigenvalue weighted by Gasteiger charge is 2.20. The van der Waals surface area contributed by atoms with Crippen molar-refractivity contribution in [2.45, 2.75) is 38.7 Å². The van der Waals surface area contributed by atoms with Crippen LogP contribution in [0.1, 0.15) is 42.2 Å². The summed E-state index contributed by atoms with van der Waals surface area (Å²) in [6.07, 6.45) is 3.99. The van der Waals surface area contributed by atoms with Gasteiger partial charge in [-0.05, 0) is 43.9 Å². The Hall–Kier alpha value is -1.28. The largest absolute Gasteiger partial charge is 0.387 e. The van der Waals surface area contributed by atoms with Crippen LogP contribution in [0.4, 0.5) is 0 Å². The molecule has 2 heteroatoms. The molecule has 0 aliphatic heterocycles. The fourth-order valence-electron chi connectivity index (χ4n) is 2.72. The molecule has 2 N–H and O–H groups in total. The van der Waals surface area contributed by atoms with Crippen molar-refractivity contribution in [3.8, 4) is 0 Å². The molecule has 2 aromatic rings. The lowest BCUT2D eigenvalue weighted by Crippen LogP contribution is -1.97. The molecule has 1 unspecified atom stereocenters. The van der Waals surface area contributed by atoms with Crippen LogP contribution in [0, 0.1) is 6.92 Å². The van der Waals surface area contributed by atoms with Crippen LogP contribution >= 0.6 is 0 Å². The van der Waals surface area contributed by atoms with Gasteiger partial charge in [-0.25, -0.2) is 0 Å². The Balaban J connectivity index is 2.26. The number of H-pyrrole nitrogens is 1. The topological polar surface area (TPSA) is 36.0 Å². The van der Waals surface area contributed by atoms with Gasteiger partial charge in [0.2, 0.25) is 0 Å². The summed E-state index contributed by atoms with van der Waals surface area (Å²) >= 11 is 0. The average Bonchev–Trinajstić information content (AvgIpc) is 2.52. The van der Waals surface area contributed by atoms with Gasteiger partial charge in [0, 0.05) is 16.6 Å². The minimum atomic E-state index is -0.301. The van der Waals surface area contributed by atoms with E-state index in [4.69, 9.17) is 0 Å². The highest BCUT2D eigenvalue weighted by atomic mass is 16.3. The van der Waals surface area contributed by atoms with Gasteiger partial charge in [-0.15, -0.1) is 0 Å². The summed E-state index contributed by atoms with van der Waals surface area (Å²) in [6, 6.07) is 6.46. The van der Waals surface area contributed by atoms with Gasteiger partial charge in [-0.3, -0.25) is 0 Å². The number of fused-ring (bicyclic) bond motifs is 3. The number of aliphatic hydroxyl groups is 1. The van der Waals surface area contributed by atoms with E-state index < -0.39 is 0 Å². The molecule has 3 rings (SSSR count). The molecular formula is C14H17NO. The highest BCUT2D eigenvalue weighted by Crippen LogP contribution is 2.33. The van der Waals surface area contributed by atoms with Crippen molar-refractivity contribution in [3.05, 3.63) is 35.0 Å². The zero-order chi connectivity index (χ0) is 11.1. The molecule has 1 aliphatic carbocycles. The average molecular weight is 215 g/mol. The van der Waals surface area contributed by atoms with Crippen LogP contribution in [0.5, 0.6) is 0 Å². The number of aliphatic hydroxyl groups excluding tert-OH is 1. The first-order chi connectivity index (χ1) is 7.75. The first kappa shape index (κ1) is 9.91. The van der Waals surface area contributed by atoms with E-state index in [1.165, 1.54) is 22.9 Å². The maximum absolute atomic E-state index is 10.1. The highest BCUT2D eigenvalue weighted by molar-refractivity contribution is 5.85. The first-order valence-corrected chi connectivity index (χ1v) is 6.05. The monoisotopic (exact) mass is 215 g/mol. The fourth-order valence-corrected chi connectivity index (χ4v) is 2.72. The van der Waals surface area contributed by atoms with Crippen molar-refractivity contribution in [2.75, 3.05) is 0 Å². The minimum Gasteiger partial charge on any atom is -0.387 e. The summed E-state index contributed by atoms with van der Waals surface area (Å²) < 4.78 is 0. The molecule has 1 aromatic heterocycles. The van der Waals surface area contributed by atoms with E-state index in [-0.39, 0.29) is 6.10 Å². The van der Waals surface area contributed by atoms with Gasteiger partial charge in [0.1, 0.15) is 0 Å². The maximum Gasteiger partial charge on any atom is 0.0940 e. The molecule has 0 bridgehead atoms. The van der Waals surface area contributed by atoms with Gasteiger partial charge in [0.05, 0.1) is 6.10 Å². The second kappa shape index (κ2) is 3.63. The van der Waals surface area contributed by atoms with Gasteiger partial charge in [-0.2, -0.15) is 0 Å². The number of aryl methyl sites for hydroxylation is 2. The summed E-state index contributed by atoms with van der Waals surface area (Å²) in [5.74, 6) is 0. The van der Waals surface area contributed by atoms with E-state index in [2.05, 4.69) is 30.1 Å². The van der Waals surface area contributed by atoms with Crippen LogP contribution in [0.15, 0.2) is 18.2 Å². The molecule has 0 spiro atoms. The number of hydrogen-bond donors (Lipinski definition) is 2. The van der Waals surface area contributed by atoms with Gasteiger partial charge in [0.15, 0.2) is 0 Å². The van der Waals surface area contributed by atoms with Gasteiger partial charge >= 0.3 is 0 Å². The third-order valence-corrected chi connectivity index (χ3v) is 3.58. The number of hydrogen-bond acceptors (Lipinski definition) is 1. The molecule has 0 radical (unpaired) electrons. The summed E-state index contributed by atoms with van der Waals surface area (Å²) in [6.45, 7) is 2.12. The van der Waals surface area contributed by atoms with Crippen molar-refractivity contribution in [3.63, 3.8) is 0 Å². The van der Waals surface area contributed by atoms with Crippen molar-refractivity contribution in [1.29, 1.82) is 0 Å². The first-order valence-electron chi connectivity index (χ1n) is 6.05. The third-order valence-electron chi connectivity index (χ3n) is 3.58. The molecule has 84 valence electrons. The normalized spacial score (nSPS) is 20.8. The van der Waals surface area contributed by atoms with E-state index in [0.717, 1.165) is 30.5 Å². The van der Waals surface area contributed by atoms with Crippen molar-refractivity contribution in [1.82, 2.24) is 4.98 Å². The quantitative estimate of drug-likeness (QED) is 0.650. The minimum absolute atomic E-state index is 0.301. The molecule has 0 amide bonds. The Kier molecular flexibility index (Phi) is 2.25. The molecular weight excluding hydrogens is 198 g/mol. The predicted octanol–water partition coefficient (Wildman–Crippen LogP) is 3.24. The Bertz CT molecular complexity index is 527. The number of aromatic amines is 1. The van der Waals surface area contributed by atoms with E-state index in [0.29, 0.717) is 0 Å². The molecule has 0 saturated heterocycles. The van der Waals surface area contributed by atoms with Gasteiger partial charge in [0.25, 0.3) is 0 Å². The van der Waals surface area contributed by atoms with E-state index in [1.54, 1.807) is 0 Å².